The van der Waals surface area contributed by atoms with E-state index in [9.17, 15) is 4.79 Å². The maximum atomic E-state index is 12.2. The van der Waals surface area contributed by atoms with Crippen LogP contribution in [-0.2, 0) is 0 Å². The molecule has 2 amide bonds. The van der Waals surface area contributed by atoms with Crippen molar-refractivity contribution < 1.29 is 9.53 Å². The van der Waals surface area contributed by atoms with Gasteiger partial charge in [-0.2, -0.15) is 0 Å². The molecule has 0 spiro atoms. The molecule has 0 aliphatic heterocycles. The van der Waals surface area contributed by atoms with Crippen LogP contribution in [0.4, 0.5) is 10.5 Å². The highest BCUT2D eigenvalue weighted by Gasteiger charge is 2.07. The molecule has 0 fully saturated rings. The number of aryl methyl sites for hydroxylation is 1. The average molecular weight is 393 g/mol. The molecule has 0 radical (unpaired) electrons. The Hall–Kier alpha value is -2.92. The number of anilines is 1. The van der Waals surface area contributed by atoms with E-state index in [0.29, 0.717) is 13.2 Å². The van der Waals surface area contributed by atoms with Crippen LogP contribution in [0.2, 0.25) is 0 Å². The van der Waals surface area contributed by atoms with Crippen molar-refractivity contribution in [1.82, 2.24) is 5.32 Å². The van der Waals surface area contributed by atoms with E-state index in [-0.39, 0.29) is 6.03 Å². The maximum absolute atomic E-state index is 12.2. The quantitative estimate of drug-likeness (QED) is 0.481. The molecule has 3 rings (SSSR count). The molecular formula is C23H24N2O2S. The molecule has 3 aromatic rings. The van der Waals surface area contributed by atoms with Crippen LogP contribution in [0.3, 0.4) is 0 Å². The molecule has 0 unspecified atom stereocenters. The second kappa shape index (κ2) is 10.4. The van der Waals surface area contributed by atoms with E-state index in [1.165, 1.54) is 5.56 Å². The summed E-state index contributed by atoms with van der Waals surface area (Å²) in [5, 5.41) is 5.81. The summed E-state index contributed by atoms with van der Waals surface area (Å²) in [6, 6.07) is 25.6. The van der Waals surface area contributed by atoms with Gasteiger partial charge in [-0.3, -0.25) is 0 Å². The van der Waals surface area contributed by atoms with Gasteiger partial charge in [0.05, 0.1) is 12.3 Å². The molecule has 0 bridgehead atoms. The standard InChI is InChI=1S/C23H24N2O2S/c1-18-12-14-19(15-13-18)27-17-7-16-24-23(26)25-21-10-5-6-11-22(21)28-20-8-3-2-4-9-20/h2-6,8-15H,7,16-17H2,1H3,(H2,24,25,26). The summed E-state index contributed by atoms with van der Waals surface area (Å²) < 4.78 is 5.67. The van der Waals surface area contributed by atoms with E-state index in [2.05, 4.69) is 22.8 Å². The fraction of sp³-hybridized carbons (Fsp3) is 0.174. The van der Waals surface area contributed by atoms with Crippen molar-refractivity contribution in [2.45, 2.75) is 23.1 Å². The third kappa shape index (κ3) is 6.35. The van der Waals surface area contributed by atoms with E-state index in [4.69, 9.17) is 4.74 Å². The van der Waals surface area contributed by atoms with Gasteiger partial charge in [0.1, 0.15) is 5.75 Å². The largest absolute Gasteiger partial charge is 0.494 e. The van der Waals surface area contributed by atoms with Gasteiger partial charge in [0, 0.05) is 16.3 Å². The zero-order valence-electron chi connectivity index (χ0n) is 15.9. The molecule has 0 saturated heterocycles. The predicted octanol–water partition coefficient (Wildman–Crippen LogP) is 5.74. The topological polar surface area (TPSA) is 50.4 Å². The zero-order valence-corrected chi connectivity index (χ0v) is 16.7. The number of para-hydroxylation sites is 1. The molecule has 0 aromatic heterocycles. The molecule has 0 atom stereocenters. The van der Waals surface area contributed by atoms with Gasteiger partial charge < -0.3 is 15.4 Å². The molecule has 0 aliphatic carbocycles. The van der Waals surface area contributed by atoms with Crippen LogP contribution in [0.25, 0.3) is 0 Å². The lowest BCUT2D eigenvalue weighted by Crippen LogP contribution is -2.30. The highest BCUT2D eigenvalue weighted by molar-refractivity contribution is 7.99. The minimum Gasteiger partial charge on any atom is -0.494 e. The van der Waals surface area contributed by atoms with Gasteiger partial charge in [0.15, 0.2) is 0 Å². The van der Waals surface area contributed by atoms with Crippen molar-refractivity contribution in [3.8, 4) is 5.75 Å². The third-order valence-corrected chi connectivity index (χ3v) is 5.09. The molecule has 144 valence electrons. The van der Waals surface area contributed by atoms with E-state index in [0.717, 1.165) is 27.6 Å². The van der Waals surface area contributed by atoms with E-state index in [1.54, 1.807) is 11.8 Å². The number of urea groups is 1. The van der Waals surface area contributed by atoms with Crippen molar-refractivity contribution >= 4 is 23.5 Å². The summed E-state index contributed by atoms with van der Waals surface area (Å²) in [7, 11) is 0. The number of hydrogen-bond acceptors (Lipinski definition) is 3. The van der Waals surface area contributed by atoms with Crippen molar-refractivity contribution in [3.63, 3.8) is 0 Å². The first-order chi connectivity index (χ1) is 13.7. The van der Waals surface area contributed by atoms with E-state index >= 15 is 0 Å². The predicted molar refractivity (Wildman–Crippen MR) is 115 cm³/mol. The zero-order chi connectivity index (χ0) is 19.6. The number of hydrogen-bond donors (Lipinski definition) is 2. The van der Waals surface area contributed by atoms with Crippen molar-refractivity contribution in [1.29, 1.82) is 0 Å². The minimum atomic E-state index is -0.212. The average Bonchev–Trinajstić information content (AvgIpc) is 2.71. The maximum Gasteiger partial charge on any atom is 0.319 e. The van der Waals surface area contributed by atoms with E-state index < -0.39 is 0 Å². The summed E-state index contributed by atoms with van der Waals surface area (Å²) in [5.41, 5.74) is 2.00. The number of carbonyl (C=O) groups excluding carboxylic acids is 1. The number of rotatable bonds is 8. The van der Waals surface area contributed by atoms with Crippen LogP contribution in [0, 0.1) is 6.92 Å². The van der Waals surface area contributed by atoms with Crippen LogP contribution in [0.1, 0.15) is 12.0 Å². The lowest BCUT2D eigenvalue weighted by Gasteiger charge is -2.12. The minimum absolute atomic E-state index is 0.212. The number of benzene rings is 3. The first-order valence-electron chi connectivity index (χ1n) is 9.27. The van der Waals surface area contributed by atoms with E-state index in [1.807, 2.05) is 73.7 Å². The van der Waals surface area contributed by atoms with Gasteiger partial charge in [0.2, 0.25) is 0 Å². The highest BCUT2D eigenvalue weighted by atomic mass is 32.2. The Morgan fingerprint density at radius 1 is 0.929 bits per heavy atom. The van der Waals surface area contributed by atoms with Gasteiger partial charge in [-0.05, 0) is 49.7 Å². The summed E-state index contributed by atoms with van der Waals surface area (Å²) in [6.45, 7) is 3.15. The molecule has 4 nitrogen and oxygen atoms in total. The Morgan fingerprint density at radius 3 is 2.43 bits per heavy atom. The van der Waals surface area contributed by atoms with Crippen LogP contribution in [0.15, 0.2) is 88.7 Å². The van der Waals surface area contributed by atoms with Crippen molar-refractivity contribution in [3.05, 3.63) is 84.4 Å². The summed E-state index contributed by atoms with van der Waals surface area (Å²) >= 11 is 1.62. The fourth-order valence-electron chi connectivity index (χ4n) is 2.54. The molecule has 5 heteroatoms. The number of amides is 2. The number of nitrogens with one attached hydrogen (secondary N) is 2. The molecule has 0 aliphatic rings. The van der Waals surface area contributed by atoms with Crippen LogP contribution in [-0.4, -0.2) is 19.2 Å². The van der Waals surface area contributed by atoms with Crippen molar-refractivity contribution in [2.24, 2.45) is 0 Å². The second-order valence-electron chi connectivity index (χ2n) is 6.31. The van der Waals surface area contributed by atoms with Crippen LogP contribution >= 0.6 is 11.8 Å². The van der Waals surface area contributed by atoms with Gasteiger partial charge in [-0.1, -0.05) is 59.8 Å². The highest BCUT2D eigenvalue weighted by Crippen LogP contribution is 2.33. The number of carbonyl (C=O) groups is 1. The summed E-state index contributed by atoms with van der Waals surface area (Å²) in [4.78, 5) is 14.4. The summed E-state index contributed by atoms with van der Waals surface area (Å²) in [5.74, 6) is 0.849. The van der Waals surface area contributed by atoms with Crippen molar-refractivity contribution in [2.75, 3.05) is 18.5 Å². The Kier molecular flexibility index (Phi) is 7.38. The smallest absolute Gasteiger partial charge is 0.319 e. The monoisotopic (exact) mass is 392 g/mol. The molecule has 28 heavy (non-hydrogen) atoms. The Bertz CT molecular complexity index is 883. The van der Waals surface area contributed by atoms with Crippen LogP contribution < -0.4 is 15.4 Å². The SMILES string of the molecule is Cc1ccc(OCCCNC(=O)Nc2ccccc2Sc2ccccc2)cc1. The number of ether oxygens (including phenoxy) is 1. The van der Waals surface area contributed by atoms with Gasteiger partial charge in [-0.25, -0.2) is 4.79 Å². The molecule has 3 aromatic carbocycles. The Labute approximate surface area is 170 Å². The molecule has 0 heterocycles. The second-order valence-corrected chi connectivity index (χ2v) is 7.42. The summed E-state index contributed by atoms with van der Waals surface area (Å²) in [6.07, 6.45) is 0.738. The molecule has 2 N–H and O–H groups in total. The first-order valence-corrected chi connectivity index (χ1v) is 10.1. The van der Waals surface area contributed by atoms with Crippen LogP contribution in [0.5, 0.6) is 5.75 Å². The van der Waals surface area contributed by atoms with Gasteiger partial charge in [0.25, 0.3) is 0 Å². The molecular weight excluding hydrogens is 368 g/mol. The lowest BCUT2D eigenvalue weighted by atomic mass is 10.2. The lowest BCUT2D eigenvalue weighted by molar-refractivity contribution is 0.250. The molecule has 0 saturated carbocycles. The third-order valence-electron chi connectivity index (χ3n) is 4.00. The normalized spacial score (nSPS) is 10.3. The first kappa shape index (κ1) is 19.8. The Morgan fingerprint density at radius 2 is 1.64 bits per heavy atom. The van der Waals surface area contributed by atoms with Gasteiger partial charge in [-0.15, -0.1) is 0 Å². The fourth-order valence-corrected chi connectivity index (χ4v) is 3.46. The Balaban J connectivity index is 1.43. The van der Waals surface area contributed by atoms with Gasteiger partial charge >= 0.3 is 6.03 Å².